The molecule has 0 spiro atoms. The third-order valence-corrected chi connectivity index (χ3v) is 4.57. The molecule has 0 aromatic heterocycles. The lowest BCUT2D eigenvalue weighted by molar-refractivity contribution is -0.127. The zero-order valence-corrected chi connectivity index (χ0v) is 14.4. The smallest absolute Gasteiger partial charge is 0.405 e. The molecule has 3 rings (SSSR count). The number of primary amides is 1. The number of anilines is 1. The van der Waals surface area contributed by atoms with Crippen LogP contribution in [0.3, 0.4) is 0 Å². The second-order valence-electron chi connectivity index (χ2n) is 6.34. The van der Waals surface area contributed by atoms with Crippen molar-refractivity contribution in [3.8, 4) is 5.75 Å². The molecule has 9 heteroatoms. The Morgan fingerprint density at radius 2 is 2.00 bits per heavy atom. The summed E-state index contributed by atoms with van der Waals surface area (Å²) in [6.45, 7) is 0.810. The first-order valence-electron chi connectivity index (χ1n) is 8.34. The Morgan fingerprint density at radius 1 is 1.31 bits per heavy atom. The molecule has 1 atom stereocenters. The van der Waals surface area contributed by atoms with E-state index in [2.05, 4.69) is 0 Å². The van der Waals surface area contributed by atoms with Gasteiger partial charge in [0.05, 0.1) is 11.8 Å². The van der Waals surface area contributed by atoms with Gasteiger partial charge in [0.25, 0.3) is 11.8 Å². The van der Waals surface area contributed by atoms with Gasteiger partial charge in [-0.25, -0.2) is 4.79 Å². The zero-order valence-electron chi connectivity index (χ0n) is 14.4. The number of nitrogens with zero attached hydrogens (tertiary/aromatic N) is 2. The minimum absolute atomic E-state index is 0.156. The Morgan fingerprint density at radius 3 is 2.65 bits per heavy atom. The number of aliphatic hydroxyl groups is 1. The lowest BCUT2D eigenvalue weighted by Gasteiger charge is -2.30. The molecule has 1 saturated heterocycles. The van der Waals surface area contributed by atoms with E-state index in [1.165, 1.54) is 11.9 Å². The van der Waals surface area contributed by atoms with Crippen molar-refractivity contribution >= 4 is 23.6 Å². The number of likely N-dealkylation sites (tertiary alicyclic amines) is 1. The largest absolute Gasteiger partial charge is 0.487 e. The van der Waals surface area contributed by atoms with Crippen LogP contribution in [0.2, 0.25) is 0 Å². The summed E-state index contributed by atoms with van der Waals surface area (Å²) in [4.78, 5) is 39.1. The predicted molar refractivity (Wildman–Crippen MR) is 90.9 cm³/mol. The van der Waals surface area contributed by atoms with Gasteiger partial charge in [0.2, 0.25) is 6.10 Å². The number of carbonyl (C=O) groups is 3. The number of benzene rings is 1. The highest BCUT2D eigenvalue weighted by Crippen LogP contribution is 2.32. The molecule has 0 saturated carbocycles. The summed E-state index contributed by atoms with van der Waals surface area (Å²) in [5.74, 6) is -0.259. The molecule has 0 unspecified atom stereocenters. The van der Waals surface area contributed by atoms with Crippen molar-refractivity contribution < 1.29 is 29.0 Å². The van der Waals surface area contributed by atoms with E-state index in [4.69, 9.17) is 15.2 Å². The van der Waals surface area contributed by atoms with Crippen molar-refractivity contribution in [1.29, 1.82) is 0 Å². The van der Waals surface area contributed by atoms with Crippen molar-refractivity contribution in [2.75, 3.05) is 31.6 Å². The molecule has 1 aromatic rings. The summed E-state index contributed by atoms with van der Waals surface area (Å²) in [6, 6.07) is 4.81. The van der Waals surface area contributed by atoms with Crippen molar-refractivity contribution in [3.05, 3.63) is 23.8 Å². The van der Waals surface area contributed by atoms with Gasteiger partial charge in [0, 0.05) is 25.7 Å². The molecule has 0 radical (unpaired) electrons. The van der Waals surface area contributed by atoms with Crippen LogP contribution in [-0.2, 0) is 9.53 Å². The maximum absolute atomic E-state index is 12.7. The number of ether oxygens (including phenoxy) is 2. The monoisotopic (exact) mass is 363 g/mol. The molecule has 0 bridgehead atoms. The van der Waals surface area contributed by atoms with Gasteiger partial charge in [-0.2, -0.15) is 0 Å². The summed E-state index contributed by atoms with van der Waals surface area (Å²) in [6.07, 6.45) is -1.48. The van der Waals surface area contributed by atoms with E-state index in [0.29, 0.717) is 42.9 Å². The normalized spacial score (nSPS) is 20.8. The number of carbonyl (C=O) groups excluding carboxylic acids is 3. The van der Waals surface area contributed by atoms with E-state index in [0.717, 1.165) is 0 Å². The molecule has 2 aliphatic heterocycles. The number of fused-ring (bicyclic) bond motifs is 1. The molecule has 9 nitrogen and oxygen atoms in total. The predicted octanol–water partition coefficient (Wildman–Crippen LogP) is 0.103. The van der Waals surface area contributed by atoms with E-state index >= 15 is 0 Å². The van der Waals surface area contributed by atoms with Crippen molar-refractivity contribution in [3.63, 3.8) is 0 Å². The topological polar surface area (TPSA) is 122 Å². The summed E-state index contributed by atoms with van der Waals surface area (Å²) in [7, 11) is 1.51. The van der Waals surface area contributed by atoms with Gasteiger partial charge in [0.1, 0.15) is 12.4 Å². The first kappa shape index (κ1) is 18.0. The molecule has 2 heterocycles. The molecule has 3 amide bonds. The summed E-state index contributed by atoms with van der Waals surface area (Å²) in [5, 5.41) is 9.58. The van der Waals surface area contributed by atoms with Gasteiger partial charge >= 0.3 is 6.09 Å². The fourth-order valence-electron chi connectivity index (χ4n) is 3.08. The van der Waals surface area contributed by atoms with Crippen LogP contribution in [0.4, 0.5) is 10.5 Å². The van der Waals surface area contributed by atoms with Crippen LogP contribution in [0.15, 0.2) is 18.2 Å². The fourth-order valence-corrected chi connectivity index (χ4v) is 3.08. The molecule has 26 heavy (non-hydrogen) atoms. The second kappa shape index (κ2) is 7.20. The first-order chi connectivity index (χ1) is 12.4. The number of likely N-dealkylation sites (N-methyl/N-ethyl adjacent to an activating group) is 1. The van der Waals surface area contributed by atoms with Crippen LogP contribution >= 0.6 is 0 Å². The van der Waals surface area contributed by atoms with Crippen LogP contribution in [0.5, 0.6) is 5.75 Å². The number of hydrogen-bond donors (Lipinski definition) is 2. The van der Waals surface area contributed by atoms with Gasteiger partial charge in [-0.1, -0.05) is 0 Å². The number of aliphatic hydroxyl groups excluding tert-OH is 1. The van der Waals surface area contributed by atoms with E-state index in [1.807, 2.05) is 0 Å². The summed E-state index contributed by atoms with van der Waals surface area (Å²) in [5.41, 5.74) is 5.81. The van der Waals surface area contributed by atoms with Gasteiger partial charge in [-0.15, -0.1) is 0 Å². The quantitative estimate of drug-likeness (QED) is 0.768. The Labute approximate surface area is 150 Å². The molecule has 2 aliphatic rings. The van der Waals surface area contributed by atoms with Crippen LogP contribution < -0.4 is 15.4 Å². The highest BCUT2D eigenvalue weighted by atomic mass is 16.6. The van der Waals surface area contributed by atoms with Gasteiger partial charge in [-0.05, 0) is 31.0 Å². The molecular formula is C17H21N3O6. The maximum atomic E-state index is 12.7. The van der Waals surface area contributed by atoms with E-state index in [-0.39, 0.29) is 18.6 Å². The van der Waals surface area contributed by atoms with Crippen molar-refractivity contribution in [2.45, 2.75) is 25.0 Å². The molecule has 1 fully saturated rings. The van der Waals surface area contributed by atoms with Crippen molar-refractivity contribution in [2.24, 2.45) is 5.73 Å². The molecule has 140 valence electrons. The van der Waals surface area contributed by atoms with E-state index in [9.17, 15) is 19.5 Å². The fraction of sp³-hybridized carbons (Fsp3) is 0.471. The number of hydrogen-bond acceptors (Lipinski definition) is 6. The highest BCUT2D eigenvalue weighted by molar-refractivity contribution is 6.01. The Kier molecular flexibility index (Phi) is 4.99. The first-order valence-corrected chi connectivity index (χ1v) is 8.34. The van der Waals surface area contributed by atoms with Gasteiger partial charge in [-0.3, -0.25) is 9.59 Å². The average Bonchev–Trinajstić information content (AvgIpc) is 2.73. The van der Waals surface area contributed by atoms with Gasteiger partial charge < -0.3 is 30.1 Å². The maximum Gasteiger partial charge on any atom is 0.405 e. The Hall–Kier alpha value is -2.81. The highest BCUT2D eigenvalue weighted by Gasteiger charge is 2.32. The zero-order chi connectivity index (χ0) is 18.8. The number of nitrogens with two attached hydrogens (primary N) is 1. The van der Waals surface area contributed by atoms with Crippen LogP contribution in [0, 0.1) is 0 Å². The third-order valence-electron chi connectivity index (χ3n) is 4.57. The van der Waals surface area contributed by atoms with Crippen LogP contribution in [0.25, 0.3) is 0 Å². The lowest BCUT2D eigenvalue weighted by Crippen LogP contribution is -2.42. The average molecular weight is 363 g/mol. The Bertz CT molecular complexity index is 729. The molecule has 3 N–H and O–H groups in total. The molecular weight excluding hydrogens is 342 g/mol. The minimum atomic E-state index is -1.15. The number of piperidine rings is 1. The lowest BCUT2D eigenvalue weighted by atomic mass is 10.1. The molecule has 0 aliphatic carbocycles. The van der Waals surface area contributed by atoms with E-state index < -0.39 is 18.1 Å². The number of amides is 3. The van der Waals surface area contributed by atoms with E-state index in [1.54, 1.807) is 23.1 Å². The Balaban J connectivity index is 1.82. The minimum Gasteiger partial charge on any atom is -0.487 e. The van der Waals surface area contributed by atoms with Crippen molar-refractivity contribution in [1.82, 2.24) is 4.90 Å². The standard InChI is InChI=1S/C17H21N3O6/c1-19-12-8-10(15(22)20-6-4-11(21)5-7-20)2-3-13(12)25-9-14(16(19)23)26-17(18)24/h2-3,8,11,14,21H,4-7,9H2,1H3,(H2,18,24)/t14-/m0/s1. The SMILES string of the molecule is CN1C(=O)[C@@H](OC(N)=O)COc2ccc(C(=O)N3CCC(O)CC3)cc21. The van der Waals surface area contributed by atoms with Gasteiger partial charge in [0.15, 0.2) is 0 Å². The van der Waals surface area contributed by atoms with Crippen LogP contribution in [-0.4, -0.2) is 66.9 Å². The summed E-state index contributed by atoms with van der Waals surface area (Å²) >= 11 is 0. The second-order valence-corrected chi connectivity index (χ2v) is 6.34. The van der Waals surface area contributed by atoms with Crippen LogP contribution in [0.1, 0.15) is 23.2 Å². The number of rotatable bonds is 2. The third kappa shape index (κ3) is 3.57. The summed E-state index contributed by atoms with van der Waals surface area (Å²) < 4.78 is 10.3. The molecule has 1 aromatic carbocycles.